The Morgan fingerprint density at radius 3 is 1.83 bits per heavy atom. The average Bonchev–Trinajstić information content (AvgIpc) is 3.00. The Labute approximate surface area is 151 Å². The SMILES string of the molecule is CCCCC(C)(C)c1nc(C(C)(CC)CC)[nH]c1C(C)(C)CCC. The molecule has 0 atom stereocenters. The lowest BCUT2D eigenvalue weighted by Crippen LogP contribution is -2.26. The van der Waals surface area contributed by atoms with Crippen molar-refractivity contribution in [2.75, 3.05) is 0 Å². The van der Waals surface area contributed by atoms with Crippen LogP contribution in [0.15, 0.2) is 0 Å². The molecule has 0 bridgehead atoms. The molecule has 1 aromatic rings. The van der Waals surface area contributed by atoms with E-state index >= 15 is 0 Å². The van der Waals surface area contributed by atoms with E-state index in [0.717, 1.165) is 12.8 Å². The van der Waals surface area contributed by atoms with Gasteiger partial charge in [0.2, 0.25) is 0 Å². The van der Waals surface area contributed by atoms with Crippen molar-refractivity contribution in [3.05, 3.63) is 17.2 Å². The maximum absolute atomic E-state index is 5.24. The van der Waals surface area contributed by atoms with E-state index in [4.69, 9.17) is 4.98 Å². The second-order valence-corrected chi connectivity index (χ2v) is 9.20. The number of H-pyrrole nitrogens is 1. The number of aromatic amines is 1. The van der Waals surface area contributed by atoms with E-state index in [1.165, 1.54) is 49.3 Å². The third kappa shape index (κ3) is 4.43. The van der Waals surface area contributed by atoms with Crippen molar-refractivity contribution < 1.29 is 0 Å². The molecule has 0 aromatic carbocycles. The van der Waals surface area contributed by atoms with E-state index in [2.05, 4.69) is 67.3 Å². The first-order chi connectivity index (χ1) is 11.1. The van der Waals surface area contributed by atoms with Crippen LogP contribution in [0.25, 0.3) is 0 Å². The zero-order valence-corrected chi connectivity index (χ0v) is 17.9. The normalized spacial score (nSPS) is 13.5. The van der Waals surface area contributed by atoms with Crippen LogP contribution in [0.3, 0.4) is 0 Å². The monoisotopic (exact) mass is 334 g/mol. The van der Waals surface area contributed by atoms with Gasteiger partial charge in [0.25, 0.3) is 0 Å². The molecule has 2 nitrogen and oxygen atoms in total. The van der Waals surface area contributed by atoms with Crippen molar-refractivity contribution in [2.24, 2.45) is 0 Å². The Kier molecular flexibility index (Phi) is 7.14. The number of nitrogens with zero attached hydrogens (tertiary/aromatic N) is 1. The molecule has 0 radical (unpaired) electrons. The van der Waals surface area contributed by atoms with Crippen molar-refractivity contribution in [3.63, 3.8) is 0 Å². The van der Waals surface area contributed by atoms with E-state index in [9.17, 15) is 0 Å². The lowest BCUT2D eigenvalue weighted by atomic mass is 9.76. The molecule has 2 heteroatoms. The fourth-order valence-corrected chi connectivity index (χ4v) is 3.71. The van der Waals surface area contributed by atoms with Gasteiger partial charge in [-0.05, 0) is 25.7 Å². The molecular weight excluding hydrogens is 292 g/mol. The summed E-state index contributed by atoms with van der Waals surface area (Å²) in [4.78, 5) is 9.06. The Bertz CT molecular complexity index is 504. The molecule has 0 aliphatic heterocycles. The van der Waals surface area contributed by atoms with Crippen LogP contribution in [0.5, 0.6) is 0 Å². The van der Waals surface area contributed by atoms with E-state index in [-0.39, 0.29) is 16.2 Å². The van der Waals surface area contributed by atoms with Crippen LogP contribution >= 0.6 is 0 Å². The summed E-state index contributed by atoms with van der Waals surface area (Å²) < 4.78 is 0. The summed E-state index contributed by atoms with van der Waals surface area (Å²) in [5, 5.41) is 0. The summed E-state index contributed by atoms with van der Waals surface area (Å²) in [7, 11) is 0. The number of nitrogens with one attached hydrogen (secondary N) is 1. The zero-order chi connectivity index (χ0) is 18.6. The zero-order valence-electron chi connectivity index (χ0n) is 17.9. The lowest BCUT2D eigenvalue weighted by molar-refractivity contribution is 0.407. The summed E-state index contributed by atoms with van der Waals surface area (Å²) >= 11 is 0. The molecule has 0 aliphatic carbocycles. The summed E-state index contributed by atoms with van der Waals surface area (Å²) in [6.45, 7) is 21.0. The Morgan fingerprint density at radius 2 is 1.38 bits per heavy atom. The maximum atomic E-state index is 5.24. The average molecular weight is 335 g/mol. The molecule has 0 saturated heterocycles. The highest BCUT2D eigenvalue weighted by atomic mass is 15.0. The molecule has 0 aliphatic rings. The Hall–Kier alpha value is -0.790. The quantitative estimate of drug-likeness (QED) is 0.488. The number of hydrogen-bond donors (Lipinski definition) is 1. The van der Waals surface area contributed by atoms with Crippen molar-refractivity contribution in [3.8, 4) is 0 Å². The van der Waals surface area contributed by atoms with Gasteiger partial charge < -0.3 is 4.98 Å². The topological polar surface area (TPSA) is 28.7 Å². The molecule has 1 rings (SSSR count). The standard InChI is InChI=1S/C22H42N2/c1-10-14-16-21(7,8)18-17(20(5,6)15-11-2)23-19(24-18)22(9,12-3)13-4/h10-16H2,1-9H3,(H,23,24). The minimum Gasteiger partial charge on any atom is -0.345 e. The van der Waals surface area contributed by atoms with Crippen molar-refractivity contribution >= 4 is 0 Å². The first-order valence-electron chi connectivity index (χ1n) is 10.2. The van der Waals surface area contributed by atoms with Gasteiger partial charge in [-0.25, -0.2) is 4.98 Å². The smallest absolute Gasteiger partial charge is 0.112 e. The van der Waals surface area contributed by atoms with Crippen molar-refractivity contribution in [1.29, 1.82) is 0 Å². The first kappa shape index (κ1) is 21.3. The van der Waals surface area contributed by atoms with Crippen LogP contribution in [0, 0.1) is 0 Å². The van der Waals surface area contributed by atoms with Crippen LogP contribution < -0.4 is 0 Å². The number of unbranched alkanes of at least 4 members (excludes halogenated alkanes) is 1. The van der Waals surface area contributed by atoms with Gasteiger partial charge in [0.1, 0.15) is 5.82 Å². The predicted octanol–water partition coefficient (Wildman–Crippen LogP) is 7.03. The van der Waals surface area contributed by atoms with Gasteiger partial charge in [-0.3, -0.25) is 0 Å². The molecule has 0 unspecified atom stereocenters. The predicted molar refractivity (Wildman–Crippen MR) is 107 cm³/mol. The summed E-state index contributed by atoms with van der Waals surface area (Å²) in [6.07, 6.45) is 8.37. The number of aromatic nitrogens is 2. The summed E-state index contributed by atoms with van der Waals surface area (Å²) in [5.74, 6) is 1.20. The summed E-state index contributed by atoms with van der Waals surface area (Å²) in [5.41, 5.74) is 3.14. The highest BCUT2D eigenvalue weighted by Gasteiger charge is 2.37. The Morgan fingerprint density at radius 1 is 0.792 bits per heavy atom. The molecule has 1 N–H and O–H groups in total. The fraction of sp³-hybridized carbons (Fsp3) is 0.864. The van der Waals surface area contributed by atoms with Gasteiger partial charge in [0.15, 0.2) is 0 Å². The van der Waals surface area contributed by atoms with Gasteiger partial charge in [0.05, 0.1) is 5.69 Å². The summed E-state index contributed by atoms with van der Waals surface area (Å²) in [6, 6.07) is 0. The van der Waals surface area contributed by atoms with Gasteiger partial charge >= 0.3 is 0 Å². The second-order valence-electron chi connectivity index (χ2n) is 9.20. The largest absolute Gasteiger partial charge is 0.345 e. The molecule has 0 amide bonds. The van der Waals surface area contributed by atoms with Crippen LogP contribution in [-0.4, -0.2) is 9.97 Å². The number of imidazole rings is 1. The highest BCUT2D eigenvalue weighted by Crippen LogP contribution is 2.40. The molecule has 0 saturated carbocycles. The molecule has 24 heavy (non-hydrogen) atoms. The van der Waals surface area contributed by atoms with Crippen LogP contribution in [0.1, 0.15) is 124 Å². The molecule has 0 spiro atoms. The Balaban J connectivity index is 3.46. The second kappa shape index (κ2) is 8.06. The molecule has 1 aromatic heterocycles. The molecular formula is C22H42N2. The maximum Gasteiger partial charge on any atom is 0.112 e. The molecule has 140 valence electrons. The van der Waals surface area contributed by atoms with Crippen molar-refractivity contribution in [2.45, 2.75) is 124 Å². The van der Waals surface area contributed by atoms with E-state index in [0.29, 0.717) is 0 Å². The third-order valence-corrected chi connectivity index (χ3v) is 6.18. The van der Waals surface area contributed by atoms with Gasteiger partial charge in [-0.15, -0.1) is 0 Å². The van der Waals surface area contributed by atoms with Gasteiger partial charge in [0, 0.05) is 21.9 Å². The molecule has 1 heterocycles. The minimum atomic E-state index is 0.132. The number of hydrogen-bond acceptors (Lipinski definition) is 1. The first-order valence-corrected chi connectivity index (χ1v) is 10.2. The fourth-order valence-electron chi connectivity index (χ4n) is 3.71. The van der Waals surface area contributed by atoms with Gasteiger partial charge in [-0.1, -0.05) is 81.6 Å². The van der Waals surface area contributed by atoms with Crippen LogP contribution in [0.2, 0.25) is 0 Å². The van der Waals surface area contributed by atoms with E-state index in [1.807, 2.05) is 0 Å². The van der Waals surface area contributed by atoms with Gasteiger partial charge in [-0.2, -0.15) is 0 Å². The third-order valence-electron chi connectivity index (χ3n) is 6.18. The molecule has 0 fully saturated rings. The number of rotatable bonds is 10. The minimum absolute atomic E-state index is 0.132. The van der Waals surface area contributed by atoms with E-state index < -0.39 is 0 Å². The van der Waals surface area contributed by atoms with E-state index in [1.54, 1.807) is 0 Å². The highest BCUT2D eigenvalue weighted by molar-refractivity contribution is 5.31. The van der Waals surface area contributed by atoms with Crippen LogP contribution in [0.4, 0.5) is 0 Å². The van der Waals surface area contributed by atoms with Crippen molar-refractivity contribution in [1.82, 2.24) is 9.97 Å². The lowest BCUT2D eigenvalue weighted by Gasteiger charge is -2.30. The van der Waals surface area contributed by atoms with Crippen LogP contribution in [-0.2, 0) is 16.2 Å².